The fourth-order valence-electron chi connectivity index (χ4n) is 1.74. The predicted octanol–water partition coefficient (Wildman–Crippen LogP) is 4.53. The number of hydrogen-bond acceptors (Lipinski definition) is 2. The maximum absolute atomic E-state index is 11.8. The molecular formula is C12H25IO2Si. The molecule has 4 heteroatoms. The molecule has 0 rings (SSSR count). The van der Waals surface area contributed by atoms with Gasteiger partial charge in [0.25, 0.3) is 14.3 Å². The Morgan fingerprint density at radius 1 is 1.19 bits per heavy atom. The number of hydrogen-bond donors (Lipinski definition) is 0. The summed E-state index contributed by atoms with van der Waals surface area (Å²) in [6.45, 7) is 8.62. The first-order chi connectivity index (χ1) is 7.53. The van der Waals surface area contributed by atoms with Gasteiger partial charge in [-0.05, 0) is 31.0 Å². The Morgan fingerprint density at radius 2 is 1.69 bits per heavy atom. The average molecular weight is 356 g/mol. The van der Waals surface area contributed by atoms with E-state index in [9.17, 15) is 4.79 Å². The monoisotopic (exact) mass is 356 g/mol. The summed E-state index contributed by atoms with van der Waals surface area (Å²) >= 11 is 2.41. The molecule has 1 unspecified atom stereocenters. The van der Waals surface area contributed by atoms with E-state index in [2.05, 4.69) is 50.3 Å². The molecule has 0 saturated carbocycles. The normalized spacial score (nSPS) is 13.6. The van der Waals surface area contributed by atoms with Crippen molar-refractivity contribution in [2.75, 3.05) is 0 Å². The lowest BCUT2D eigenvalue weighted by Gasteiger charge is -2.27. The zero-order chi connectivity index (χ0) is 12.6. The van der Waals surface area contributed by atoms with Crippen LogP contribution in [0.3, 0.4) is 0 Å². The fraction of sp³-hybridized carbons (Fsp3) is 0.917. The number of carbonyl (C=O) groups excluding carboxylic acids is 1. The Morgan fingerprint density at radius 3 is 2.06 bits per heavy atom. The van der Waals surface area contributed by atoms with Gasteiger partial charge in [-0.1, -0.05) is 50.3 Å². The standard InChI is InChI=1S/C12H25IO2Si/c1-5-11(13)9-10-12(14)15-16(6-2,7-3)8-4/h11H,5-10H2,1-4H3. The lowest BCUT2D eigenvalue weighted by Crippen LogP contribution is -2.38. The second kappa shape index (κ2) is 8.50. The van der Waals surface area contributed by atoms with E-state index in [1.807, 2.05) is 0 Å². The zero-order valence-corrected chi connectivity index (χ0v) is 14.2. The molecule has 0 aliphatic heterocycles. The maximum atomic E-state index is 11.8. The Hall–Kier alpha value is 0.417. The molecule has 1 atom stereocenters. The smallest absolute Gasteiger partial charge is 0.292 e. The summed E-state index contributed by atoms with van der Waals surface area (Å²) in [7, 11) is -1.71. The molecule has 0 N–H and O–H groups in total. The third-order valence-corrected chi connectivity index (χ3v) is 9.40. The van der Waals surface area contributed by atoms with Gasteiger partial charge in [-0.15, -0.1) is 0 Å². The van der Waals surface area contributed by atoms with Gasteiger partial charge in [-0.3, -0.25) is 4.79 Å². The highest BCUT2D eigenvalue weighted by atomic mass is 127. The molecule has 0 fully saturated rings. The molecule has 0 bridgehead atoms. The Balaban J connectivity index is 4.10. The molecule has 0 aromatic heterocycles. The second-order valence-corrected chi connectivity index (χ2v) is 10.7. The highest BCUT2D eigenvalue weighted by Gasteiger charge is 2.32. The van der Waals surface area contributed by atoms with Crippen LogP contribution in [0.5, 0.6) is 0 Å². The van der Waals surface area contributed by atoms with Crippen LogP contribution < -0.4 is 0 Å². The van der Waals surface area contributed by atoms with Gasteiger partial charge in [0, 0.05) is 10.3 Å². The van der Waals surface area contributed by atoms with Crippen LogP contribution in [-0.4, -0.2) is 18.2 Å². The number of carbonyl (C=O) groups is 1. The van der Waals surface area contributed by atoms with Crippen molar-refractivity contribution < 1.29 is 9.22 Å². The number of halogens is 1. The Labute approximate surface area is 115 Å². The van der Waals surface area contributed by atoms with Crippen LogP contribution in [-0.2, 0) is 9.22 Å². The molecule has 0 saturated heterocycles. The van der Waals surface area contributed by atoms with Gasteiger partial charge in [0.2, 0.25) is 0 Å². The van der Waals surface area contributed by atoms with E-state index in [4.69, 9.17) is 4.43 Å². The molecular weight excluding hydrogens is 331 g/mol. The zero-order valence-electron chi connectivity index (χ0n) is 11.0. The largest absolute Gasteiger partial charge is 0.519 e. The van der Waals surface area contributed by atoms with E-state index in [-0.39, 0.29) is 5.97 Å². The molecule has 0 aromatic rings. The summed E-state index contributed by atoms with van der Waals surface area (Å²) < 4.78 is 6.38. The van der Waals surface area contributed by atoms with Crippen molar-refractivity contribution in [1.82, 2.24) is 0 Å². The van der Waals surface area contributed by atoms with E-state index in [0.717, 1.165) is 31.0 Å². The van der Waals surface area contributed by atoms with Crippen LogP contribution in [0.1, 0.15) is 47.0 Å². The molecule has 0 heterocycles. The Bertz CT molecular complexity index is 197. The van der Waals surface area contributed by atoms with E-state index in [1.165, 1.54) is 0 Å². The summed E-state index contributed by atoms with van der Waals surface area (Å²) in [4.78, 5) is 11.8. The first-order valence-electron chi connectivity index (χ1n) is 6.39. The first-order valence-corrected chi connectivity index (χ1v) is 10.2. The van der Waals surface area contributed by atoms with Gasteiger partial charge < -0.3 is 4.43 Å². The minimum absolute atomic E-state index is 0.0346. The van der Waals surface area contributed by atoms with E-state index in [0.29, 0.717) is 10.3 Å². The van der Waals surface area contributed by atoms with Crippen LogP contribution in [0.4, 0.5) is 0 Å². The summed E-state index contributed by atoms with van der Waals surface area (Å²) in [5, 5.41) is 0. The molecule has 0 spiro atoms. The number of alkyl halides is 1. The highest BCUT2D eigenvalue weighted by Crippen LogP contribution is 2.23. The van der Waals surface area contributed by atoms with E-state index >= 15 is 0 Å². The fourth-order valence-corrected chi connectivity index (χ4v) is 4.57. The van der Waals surface area contributed by atoms with Crippen molar-refractivity contribution in [3.63, 3.8) is 0 Å². The summed E-state index contributed by atoms with van der Waals surface area (Å²) in [5.74, 6) is 0.0346. The maximum Gasteiger partial charge on any atom is 0.292 e. The molecule has 0 aromatic carbocycles. The summed E-state index contributed by atoms with van der Waals surface area (Å²) in [6, 6.07) is 3.15. The highest BCUT2D eigenvalue weighted by molar-refractivity contribution is 14.1. The van der Waals surface area contributed by atoms with Gasteiger partial charge in [-0.2, -0.15) is 0 Å². The molecule has 2 nitrogen and oxygen atoms in total. The Kier molecular flexibility index (Phi) is 8.72. The van der Waals surface area contributed by atoms with Gasteiger partial charge in [0.05, 0.1) is 0 Å². The van der Waals surface area contributed by atoms with Crippen molar-refractivity contribution in [1.29, 1.82) is 0 Å². The molecule has 0 aliphatic carbocycles. The lowest BCUT2D eigenvalue weighted by molar-refractivity contribution is -0.135. The van der Waals surface area contributed by atoms with Crippen LogP contribution >= 0.6 is 22.6 Å². The van der Waals surface area contributed by atoms with Crippen molar-refractivity contribution in [2.45, 2.75) is 69.0 Å². The van der Waals surface area contributed by atoms with Crippen LogP contribution in [0, 0.1) is 0 Å². The molecule has 0 aliphatic rings. The minimum atomic E-state index is -1.71. The summed E-state index contributed by atoms with van der Waals surface area (Å²) in [5.41, 5.74) is 0. The van der Waals surface area contributed by atoms with Gasteiger partial charge in [-0.25, -0.2) is 0 Å². The third kappa shape index (κ3) is 5.66. The van der Waals surface area contributed by atoms with Crippen molar-refractivity contribution >= 4 is 36.9 Å². The van der Waals surface area contributed by atoms with E-state index < -0.39 is 8.32 Å². The van der Waals surface area contributed by atoms with Crippen LogP contribution in [0.15, 0.2) is 0 Å². The third-order valence-electron chi connectivity index (χ3n) is 3.37. The quantitative estimate of drug-likeness (QED) is 0.363. The lowest BCUT2D eigenvalue weighted by atomic mass is 10.2. The van der Waals surface area contributed by atoms with E-state index in [1.54, 1.807) is 0 Å². The van der Waals surface area contributed by atoms with Gasteiger partial charge in [0.15, 0.2) is 0 Å². The molecule has 96 valence electrons. The van der Waals surface area contributed by atoms with Crippen LogP contribution in [0.25, 0.3) is 0 Å². The molecule has 0 radical (unpaired) electrons. The first kappa shape index (κ1) is 16.4. The van der Waals surface area contributed by atoms with Crippen molar-refractivity contribution in [3.05, 3.63) is 0 Å². The van der Waals surface area contributed by atoms with Gasteiger partial charge >= 0.3 is 0 Å². The predicted molar refractivity (Wildman–Crippen MR) is 80.6 cm³/mol. The van der Waals surface area contributed by atoms with Crippen molar-refractivity contribution in [2.24, 2.45) is 0 Å². The molecule has 0 amide bonds. The topological polar surface area (TPSA) is 26.3 Å². The minimum Gasteiger partial charge on any atom is -0.519 e. The van der Waals surface area contributed by atoms with Crippen LogP contribution in [0.2, 0.25) is 18.1 Å². The summed E-state index contributed by atoms with van der Waals surface area (Å²) in [6.07, 6.45) is 2.68. The number of rotatable bonds is 8. The SMILES string of the molecule is CCC(I)CCC(=O)O[Si](CC)(CC)CC. The van der Waals surface area contributed by atoms with Crippen molar-refractivity contribution in [3.8, 4) is 0 Å². The average Bonchev–Trinajstić information content (AvgIpc) is 2.33. The second-order valence-electron chi connectivity index (χ2n) is 4.26. The molecule has 16 heavy (non-hydrogen) atoms. The van der Waals surface area contributed by atoms with Gasteiger partial charge in [0.1, 0.15) is 0 Å².